The summed E-state index contributed by atoms with van der Waals surface area (Å²) in [4.78, 5) is 17.9. The highest BCUT2D eigenvalue weighted by Gasteiger charge is 2.48. The monoisotopic (exact) mass is 402 g/mol. The van der Waals surface area contributed by atoms with Crippen molar-refractivity contribution in [3.8, 4) is 11.9 Å². The van der Waals surface area contributed by atoms with Crippen molar-refractivity contribution in [3.63, 3.8) is 0 Å². The fourth-order valence-electron chi connectivity index (χ4n) is 4.42. The van der Waals surface area contributed by atoms with Gasteiger partial charge in [0.2, 0.25) is 5.88 Å². The fraction of sp³-hybridized carbons (Fsp3) is 0.348. The summed E-state index contributed by atoms with van der Waals surface area (Å²) in [6.07, 6.45) is 4.08. The number of rotatable bonds is 3. The number of likely N-dealkylation sites (N-methyl/N-ethyl adjacent to an activating group) is 1. The standard InChI is InChI=1S/C23H22N4O3/c1-12-10-25-22(30-11-14-4-5-14)20-19-16-7-6-15(9-24)8-17(16)27(3,29)23(28)18(19)13(2)26-21(12)20/h6-8,10,14,19,26H,4-5,11H2,1-3H3/t19-,27?/m1/s1. The lowest BCUT2D eigenvalue weighted by Gasteiger charge is -2.45. The lowest BCUT2D eigenvalue weighted by molar-refractivity contribution is -0.123. The van der Waals surface area contributed by atoms with Gasteiger partial charge in [-0.3, -0.25) is 4.65 Å². The number of hydroxylamine groups is 2. The Morgan fingerprint density at radius 1 is 1.37 bits per heavy atom. The van der Waals surface area contributed by atoms with Crippen molar-refractivity contribution in [1.29, 1.82) is 5.26 Å². The predicted octanol–water partition coefficient (Wildman–Crippen LogP) is 3.86. The number of hydrogen-bond acceptors (Lipinski definition) is 6. The van der Waals surface area contributed by atoms with Crippen LogP contribution in [0, 0.1) is 29.4 Å². The molecule has 0 bridgehead atoms. The largest absolute Gasteiger partial charge is 0.620 e. The Labute approximate surface area is 174 Å². The zero-order chi connectivity index (χ0) is 21.2. The zero-order valence-electron chi connectivity index (χ0n) is 17.2. The molecule has 1 amide bonds. The minimum Gasteiger partial charge on any atom is -0.620 e. The molecule has 1 aliphatic carbocycles. The number of carbonyl (C=O) groups excluding carboxylic acids is 1. The van der Waals surface area contributed by atoms with Gasteiger partial charge in [-0.2, -0.15) is 5.26 Å². The van der Waals surface area contributed by atoms with Crippen molar-refractivity contribution in [3.05, 3.63) is 63.1 Å². The SMILES string of the molecule is CC1=C2C(=O)[N+](C)([O-])c3cc(C#N)ccc3[C@H]2c2c(OCC3CC3)ncc(C)c2N1. The van der Waals surface area contributed by atoms with Crippen LogP contribution in [0.25, 0.3) is 0 Å². The van der Waals surface area contributed by atoms with E-state index in [-0.39, 0.29) is 0 Å². The van der Waals surface area contributed by atoms with Crippen LogP contribution >= 0.6 is 0 Å². The number of aromatic nitrogens is 1. The molecular formula is C23H22N4O3. The van der Waals surface area contributed by atoms with Gasteiger partial charge >= 0.3 is 5.91 Å². The van der Waals surface area contributed by atoms with Crippen molar-refractivity contribution < 1.29 is 9.53 Å². The van der Waals surface area contributed by atoms with E-state index in [1.165, 1.54) is 13.1 Å². The number of nitriles is 1. The second-order valence-electron chi connectivity index (χ2n) is 8.50. The van der Waals surface area contributed by atoms with Gasteiger partial charge in [-0.1, -0.05) is 6.07 Å². The first kappa shape index (κ1) is 18.8. The first-order valence-corrected chi connectivity index (χ1v) is 10.1. The number of amides is 1. The first-order chi connectivity index (χ1) is 14.3. The molecule has 152 valence electrons. The maximum absolute atomic E-state index is 13.4. The molecule has 3 heterocycles. The van der Waals surface area contributed by atoms with Gasteiger partial charge in [-0.25, -0.2) is 9.78 Å². The molecule has 2 aromatic rings. The third kappa shape index (κ3) is 2.65. The number of anilines is 1. The molecule has 1 aromatic heterocycles. The van der Waals surface area contributed by atoms with Crippen molar-refractivity contribution in [2.45, 2.75) is 32.6 Å². The second-order valence-corrected chi connectivity index (χ2v) is 8.50. The molecule has 1 saturated carbocycles. The number of benzene rings is 1. The number of nitrogens with zero attached hydrogens (tertiary/aromatic N) is 3. The van der Waals surface area contributed by atoms with Crippen LogP contribution < -0.4 is 14.7 Å². The Morgan fingerprint density at radius 3 is 2.83 bits per heavy atom. The van der Waals surface area contributed by atoms with Gasteiger partial charge in [-0.05, 0) is 44.2 Å². The molecule has 0 saturated heterocycles. The summed E-state index contributed by atoms with van der Waals surface area (Å²) in [7, 11) is 1.33. The van der Waals surface area contributed by atoms with Gasteiger partial charge in [0.05, 0.1) is 48.0 Å². The van der Waals surface area contributed by atoms with Crippen LogP contribution in [-0.4, -0.2) is 24.5 Å². The Hall–Kier alpha value is -3.21. The van der Waals surface area contributed by atoms with Crippen molar-refractivity contribution in [2.24, 2.45) is 5.92 Å². The van der Waals surface area contributed by atoms with Crippen molar-refractivity contribution in [2.75, 3.05) is 19.0 Å². The van der Waals surface area contributed by atoms with E-state index in [4.69, 9.17) is 4.74 Å². The summed E-state index contributed by atoms with van der Waals surface area (Å²) in [5.41, 5.74) is 5.05. The van der Waals surface area contributed by atoms with E-state index in [1.54, 1.807) is 18.3 Å². The molecule has 0 radical (unpaired) electrons. The quantitative estimate of drug-likeness (QED) is 0.618. The smallest absolute Gasteiger partial charge is 0.349 e. The molecular weight excluding hydrogens is 380 g/mol. The van der Waals surface area contributed by atoms with Gasteiger partial charge in [0.1, 0.15) is 5.69 Å². The lowest BCUT2D eigenvalue weighted by Crippen LogP contribution is -2.51. The summed E-state index contributed by atoms with van der Waals surface area (Å²) in [5, 5.41) is 26.1. The molecule has 1 N–H and O–H groups in total. The summed E-state index contributed by atoms with van der Waals surface area (Å²) >= 11 is 0. The minimum atomic E-state index is -1.18. The number of nitrogens with one attached hydrogen (secondary N) is 1. The molecule has 7 heteroatoms. The van der Waals surface area contributed by atoms with E-state index in [0.29, 0.717) is 46.5 Å². The summed E-state index contributed by atoms with van der Waals surface area (Å²) < 4.78 is 4.92. The highest BCUT2D eigenvalue weighted by Crippen LogP contribution is 2.53. The molecule has 7 nitrogen and oxygen atoms in total. The van der Waals surface area contributed by atoms with Crippen LogP contribution in [-0.2, 0) is 4.79 Å². The van der Waals surface area contributed by atoms with E-state index < -0.39 is 16.5 Å². The van der Waals surface area contributed by atoms with Gasteiger partial charge in [0.15, 0.2) is 0 Å². The van der Waals surface area contributed by atoms with E-state index >= 15 is 0 Å². The highest BCUT2D eigenvalue weighted by atomic mass is 16.6. The number of carbonyl (C=O) groups is 1. The van der Waals surface area contributed by atoms with E-state index in [9.17, 15) is 15.3 Å². The maximum atomic E-state index is 13.4. The van der Waals surface area contributed by atoms with Crippen LogP contribution in [0.1, 0.15) is 47.9 Å². The van der Waals surface area contributed by atoms with Crippen molar-refractivity contribution in [1.82, 2.24) is 9.63 Å². The Morgan fingerprint density at radius 2 is 2.13 bits per heavy atom. The highest BCUT2D eigenvalue weighted by molar-refractivity contribution is 6.09. The van der Waals surface area contributed by atoms with Gasteiger partial charge in [0.25, 0.3) is 0 Å². The Bertz CT molecular complexity index is 1170. The third-order valence-corrected chi connectivity index (χ3v) is 6.26. The molecule has 3 aliphatic rings. The lowest BCUT2D eigenvalue weighted by atomic mass is 9.76. The number of aryl methyl sites for hydroxylation is 1. The second kappa shape index (κ2) is 6.39. The molecule has 2 aliphatic heterocycles. The average molecular weight is 402 g/mol. The number of quaternary nitrogens is 1. The Balaban J connectivity index is 1.77. The number of allylic oxidation sites excluding steroid dienone is 1. The van der Waals surface area contributed by atoms with Crippen LogP contribution in [0.2, 0.25) is 0 Å². The fourth-order valence-corrected chi connectivity index (χ4v) is 4.42. The Kier molecular flexibility index (Phi) is 4.01. The van der Waals surface area contributed by atoms with E-state index in [0.717, 1.165) is 29.7 Å². The summed E-state index contributed by atoms with van der Waals surface area (Å²) in [5.74, 6) is 0.0540. The number of pyridine rings is 1. The van der Waals surface area contributed by atoms with E-state index in [2.05, 4.69) is 16.4 Å². The van der Waals surface area contributed by atoms with Crippen LogP contribution in [0.4, 0.5) is 11.4 Å². The number of ether oxygens (including phenoxy) is 1. The van der Waals surface area contributed by atoms with Gasteiger partial charge < -0.3 is 15.3 Å². The predicted molar refractivity (Wildman–Crippen MR) is 113 cm³/mol. The molecule has 30 heavy (non-hydrogen) atoms. The summed E-state index contributed by atoms with van der Waals surface area (Å²) in [6, 6.07) is 7.08. The van der Waals surface area contributed by atoms with Gasteiger partial charge in [-0.15, -0.1) is 0 Å². The molecule has 1 unspecified atom stereocenters. The third-order valence-electron chi connectivity index (χ3n) is 6.26. The zero-order valence-corrected chi connectivity index (χ0v) is 17.2. The molecule has 2 atom stereocenters. The normalized spacial score (nSPS) is 24.4. The number of fused-ring (bicyclic) bond motifs is 5. The molecule has 0 spiro atoms. The first-order valence-electron chi connectivity index (χ1n) is 10.1. The van der Waals surface area contributed by atoms with Crippen molar-refractivity contribution >= 4 is 17.3 Å². The molecule has 5 rings (SSSR count). The molecule has 1 fully saturated rings. The van der Waals surface area contributed by atoms with E-state index in [1.807, 2.05) is 13.8 Å². The minimum absolute atomic E-state index is 0.295. The number of hydrogen-bond donors (Lipinski definition) is 1. The summed E-state index contributed by atoms with van der Waals surface area (Å²) in [6.45, 7) is 4.37. The van der Waals surface area contributed by atoms with Gasteiger partial charge in [0, 0.05) is 23.5 Å². The molecule has 1 aromatic carbocycles. The topological polar surface area (TPSA) is 98.1 Å². The van der Waals surface area contributed by atoms with Crippen LogP contribution in [0.5, 0.6) is 5.88 Å². The maximum Gasteiger partial charge on any atom is 0.349 e. The van der Waals surface area contributed by atoms with Crippen LogP contribution in [0.15, 0.2) is 35.7 Å². The van der Waals surface area contributed by atoms with Crippen LogP contribution in [0.3, 0.4) is 0 Å². The average Bonchev–Trinajstić information content (AvgIpc) is 3.55.